The number of furan rings is 1. The molecule has 114 valence electrons. The number of rotatable bonds is 3. The summed E-state index contributed by atoms with van der Waals surface area (Å²) < 4.78 is 12.4. The molecule has 0 bridgehead atoms. The summed E-state index contributed by atoms with van der Waals surface area (Å²) in [5.74, 6) is 2.64. The molecule has 0 aliphatic rings. The van der Waals surface area contributed by atoms with Crippen LogP contribution in [-0.2, 0) is 0 Å². The summed E-state index contributed by atoms with van der Waals surface area (Å²) in [4.78, 5) is 0. The Morgan fingerprint density at radius 3 is 2.14 bits per heavy atom. The van der Waals surface area contributed by atoms with Crippen molar-refractivity contribution in [3.63, 3.8) is 0 Å². The molecule has 0 spiro atoms. The van der Waals surface area contributed by atoms with Crippen LogP contribution in [0, 0.1) is 34.6 Å². The first-order chi connectivity index (χ1) is 9.79. The quantitative estimate of drug-likeness (QED) is 0.875. The summed E-state index contributed by atoms with van der Waals surface area (Å²) in [5.41, 5.74) is 11.9. The molecule has 0 aliphatic heterocycles. The van der Waals surface area contributed by atoms with Crippen LogP contribution in [0.25, 0.3) is 0 Å². The predicted octanol–water partition coefficient (Wildman–Crippen LogP) is 4.64. The van der Waals surface area contributed by atoms with E-state index in [9.17, 15) is 0 Å². The van der Waals surface area contributed by atoms with Crippen LogP contribution in [0.2, 0.25) is 0 Å². The highest BCUT2D eigenvalue weighted by atomic mass is 79.9. The topological polar surface area (TPSA) is 48.4 Å². The minimum Gasteiger partial charge on any atom is -0.496 e. The van der Waals surface area contributed by atoms with Crippen molar-refractivity contribution in [3.05, 3.63) is 49.9 Å². The van der Waals surface area contributed by atoms with Gasteiger partial charge in [0.2, 0.25) is 0 Å². The summed E-state index contributed by atoms with van der Waals surface area (Å²) in [5, 5.41) is 0. The molecule has 0 saturated carbocycles. The van der Waals surface area contributed by atoms with Gasteiger partial charge >= 0.3 is 0 Å². The molecule has 2 rings (SSSR count). The normalized spacial score (nSPS) is 12.6. The minimum atomic E-state index is -0.270. The fourth-order valence-electron chi connectivity index (χ4n) is 2.93. The fourth-order valence-corrected chi connectivity index (χ4v) is 3.49. The average molecular weight is 352 g/mol. The van der Waals surface area contributed by atoms with E-state index in [0.29, 0.717) is 0 Å². The molecule has 0 fully saturated rings. The minimum absolute atomic E-state index is 0.270. The van der Waals surface area contributed by atoms with Gasteiger partial charge in [-0.3, -0.25) is 0 Å². The molecule has 1 unspecified atom stereocenters. The van der Waals surface area contributed by atoms with Gasteiger partial charge in [-0.15, -0.1) is 0 Å². The van der Waals surface area contributed by atoms with Gasteiger partial charge in [0, 0.05) is 15.6 Å². The molecule has 1 aromatic carbocycles. The Bertz CT molecular complexity index is 689. The van der Waals surface area contributed by atoms with Crippen molar-refractivity contribution in [2.24, 2.45) is 5.73 Å². The van der Waals surface area contributed by atoms with Crippen molar-refractivity contribution >= 4 is 15.9 Å². The Labute approximate surface area is 134 Å². The van der Waals surface area contributed by atoms with E-state index >= 15 is 0 Å². The molecule has 0 radical (unpaired) electrons. The van der Waals surface area contributed by atoms with Gasteiger partial charge in [-0.05, 0) is 57.4 Å². The van der Waals surface area contributed by atoms with Crippen molar-refractivity contribution in [1.29, 1.82) is 0 Å². The van der Waals surface area contributed by atoms with Crippen LogP contribution in [0.5, 0.6) is 5.75 Å². The van der Waals surface area contributed by atoms with Crippen LogP contribution in [0.1, 0.15) is 45.4 Å². The van der Waals surface area contributed by atoms with Gasteiger partial charge in [-0.2, -0.15) is 0 Å². The van der Waals surface area contributed by atoms with Crippen molar-refractivity contribution < 1.29 is 9.15 Å². The van der Waals surface area contributed by atoms with Crippen LogP contribution in [0.15, 0.2) is 15.0 Å². The van der Waals surface area contributed by atoms with E-state index in [1.807, 2.05) is 27.7 Å². The molecule has 0 saturated heterocycles. The predicted molar refractivity (Wildman–Crippen MR) is 89.1 cm³/mol. The number of nitrogens with two attached hydrogens (primary N) is 1. The van der Waals surface area contributed by atoms with Gasteiger partial charge in [0.15, 0.2) is 0 Å². The van der Waals surface area contributed by atoms with Crippen molar-refractivity contribution in [2.45, 2.75) is 40.7 Å². The third kappa shape index (κ3) is 2.62. The van der Waals surface area contributed by atoms with E-state index in [1.54, 1.807) is 7.11 Å². The van der Waals surface area contributed by atoms with Gasteiger partial charge in [0.05, 0.1) is 13.2 Å². The van der Waals surface area contributed by atoms with Crippen molar-refractivity contribution in [3.8, 4) is 5.75 Å². The van der Waals surface area contributed by atoms with Gasteiger partial charge in [-0.25, -0.2) is 0 Å². The molecule has 3 nitrogen and oxygen atoms in total. The smallest absolute Gasteiger partial charge is 0.127 e. The van der Waals surface area contributed by atoms with E-state index in [0.717, 1.165) is 49.6 Å². The molecule has 2 N–H and O–H groups in total. The number of hydrogen-bond donors (Lipinski definition) is 1. The summed E-state index contributed by atoms with van der Waals surface area (Å²) in [6.07, 6.45) is 0. The summed E-state index contributed by atoms with van der Waals surface area (Å²) in [6, 6.07) is 1.79. The number of methoxy groups -OCH3 is 1. The molecule has 1 heterocycles. The monoisotopic (exact) mass is 351 g/mol. The standard InChI is InChI=1S/C17H22BrNO2/c1-8-7-13(18)10(3)15(17(8)20-6)16(19)14-9(2)11(4)21-12(14)5/h7,16H,19H2,1-6H3. The number of ether oxygens (including phenoxy) is 1. The number of aryl methyl sites for hydroxylation is 3. The molecular weight excluding hydrogens is 330 g/mol. The first-order valence-corrected chi connectivity index (χ1v) is 7.74. The van der Waals surface area contributed by atoms with E-state index in [1.165, 1.54) is 0 Å². The maximum atomic E-state index is 6.59. The van der Waals surface area contributed by atoms with Crippen LogP contribution in [0.4, 0.5) is 0 Å². The van der Waals surface area contributed by atoms with Gasteiger partial charge in [0.1, 0.15) is 17.3 Å². The lowest BCUT2D eigenvalue weighted by Crippen LogP contribution is -2.17. The molecule has 21 heavy (non-hydrogen) atoms. The lowest BCUT2D eigenvalue weighted by Gasteiger charge is -2.21. The Morgan fingerprint density at radius 1 is 1.05 bits per heavy atom. The van der Waals surface area contributed by atoms with Crippen LogP contribution in [0.3, 0.4) is 0 Å². The van der Waals surface area contributed by atoms with E-state index in [2.05, 4.69) is 28.9 Å². The molecule has 0 aliphatic carbocycles. The summed E-state index contributed by atoms with van der Waals surface area (Å²) in [6.45, 7) is 10.1. The van der Waals surface area contributed by atoms with Crippen LogP contribution < -0.4 is 10.5 Å². The SMILES string of the molecule is COc1c(C)cc(Br)c(C)c1C(N)c1c(C)oc(C)c1C. The lowest BCUT2D eigenvalue weighted by molar-refractivity contribution is 0.403. The number of halogens is 1. The first-order valence-electron chi connectivity index (χ1n) is 6.95. The van der Waals surface area contributed by atoms with Gasteiger partial charge < -0.3 is 14.9 Å². The Morgan fingerprint density at radius 2 is 1.67 bits per heavy atom. The molecular formula is C17H22BrNO2. The second-order valence-electron chi connectivity index (χ2n) is 5.48. The van der Waals surface area contributed by atoms with Crippen molar-refractivity contribution in [2.75, 3.05) is 7.11 Å². The molecule has 0 amide bonds. The molecule has 2 aromatic rings. The second kappa shape index (κ2) is 5.85. The number of benzene rings is 1. The molecule has 4 heteroatoms. The fraction of sp³-hybridized carbons (Fsp3) is 0.412. The second-order valence-corrected chi connectivity index (χ2v) is 6.33. The summed E-state index contributed by atoms with van der Waals surface area (Å²) in [7, 11) is 1.69. The van der Waals surface area contributed by atoms with Gasteiger partial charge in [0.25, 0.3) is 0 Å². The summed E-state index contributed by atoms with van der Waals surface area (Å²) >= 11 is 3.61. The van der Waals surface area contributed by atoms with Crippen molar-refractivity contribution in [1.82, 2.24) is 0 Å². The Hall–Kier alpha value is -1.26. The molecule has 1 aromatic heterocycles. The third-order valence-electron chi connectivity index (χ3n) is 4.15. The highest BCUT2D eigenvalue weighted by Gasteiger charge is 2.25. The van der Waals surface area contributed by atoms with E-state index in [4.69, 9.17) is 14.9 Å². The van der Waals surface area contributed by atoms with E-state index in [-0.39, 0.29) is 6.04 Å². The number of hydrogen-bond acceptors (Lipinski definition) is 3. The maximum Gasteiger partial charge on any atom is 0.127 e. The van der Waals surface area contributed by atoms with E-state index < -0.39 is 0 Å². The van der Waals surface area contributed by atoms with Crippen LogP contribution >= 0.6 is 15.9 Å². The first kappa shape index (κ1) is 16.1. The zero-order chi connectivity index (χ0) is 15.9. The third-order valence-corrected chi connectivity index (χ3v) is 4.98. The Kier molecular flexibility index (Phi) is 4.49. The highest BCUT2D eigenvalue weighted by Crippen LogP contribution is 2.40. The lowest BCUT2D eigenvalue weighted by atomic mass is 9.91. The average Bonchev–Trinajstić information content (AvgIpc) is 2.66. The zero-order valence-corrected chi connectivity index (χ0v) is 15.0. The van der Waals surface area contributed by atoms with Gasteiger partial charge in [-0.1, -0.05) is 15.9 Å². The largest absolute Gasteiger partial charge is 0.496 e. The highest BCUT2D eigenvalue weighted by molar-refractivity contribution is 9.10. The molecule has 1 atom stereocenters. The zero-order valence-electron chi connectivity index (χ0n) is 13.4. The Balaban J connectivity index is 2.71. The van der Waals surface area contributed by atoms with Crippen LogP contribution in [-0.4, -0.2) is 7.11 Å². The maximum absolute atomic E-state index is 6.59.